The Kier molecular flexibility index (Phi) is 5.17. The SMILES string of the molecule is Cc1cccc(CS(=O)(=O)NCCC(O)c2ccoc2)c1. The van der Waals surface area contributed by atoms with Crippen molar-refractivity contribution >= 4 is 10.0 Å². The van der Waals surface area contributed by atoms with Crippen molar-refractivity contribution in [2.45, 2.75) is 25.2 Å². The highest BCUT2D eigenvalue weighted by atomic mass is 32.2. The molecule has 0 bridgehead atoms. The first-order chi connectivity index (χ1) is 9.96. The molecule has 0 saturated carbocycles. The highest BCUT2D eigenvalue weighted by molar-refractivity contribution is 7.88. The predicted octanol–water partition coefficient (Wildman–Crippen LogP) is 2.13. The van der Waals surface area contributed by atoms with E-state index in [0.29, 0.717) is 12.0 Å². The Bertz CT molecular complexity index is 665. The van der Waals surface area contributed by atoms with Crippen molar-refractivity contribution in [3.63, 3.8) is 0 Å². The van der Waals surface area contributed by atoms with Gasteiger partial charge in [-0.15, -0.1) is 0 Å². The fourth-order valence-corrected chi connectivity index (χ4v) is 3.20. The quantitative estimate of drug-likeness (QED) is 0.821. The van der Waals surface area contributed by atoms with Crippen LogP contribution in [0.1, 0.15) is 29.2 Å². The van der Waals surface area contributed by atoms with E-state index >= 15 is 0 Å². The van der Waals surface area contributed by atoms with Crippen LogP contribution in [0.3, 0.4) is 0 Å². The number of hydrogen-bond acceptors (Lipinski definition) is 4. The van der Waals surface area contributed by atoms with Crippen LogP contribution in [0.4, 0.5) is 0 Å². The average Bonchev–Trinajstić information content (AvgIpc) is 2.91. The molecule has 1 unspecified atom stereocenters. The molecule has 0 radical (unpaired) electrons. The molecule has 0 saturated heterocycles. The summed E-state index contributed by atoms with van der Waals surface area (Å²) in [6, 6.07) is 9.05. The number of rotatable bonds is 7. The van der Waals surface area contributed by atoms with Crippen molar-refractivity contribution in [1.29, 1.82) is 0 Å². The van der Waals surface area contributed by atoms with Gasteiger partial charge in [0.05, 0.1) is 24.4 Å². The number of hydrogen-bond donors (Lipinski definition) is 2. The summed E-state index contributed by atoms with van der Waals surface area (Å²) in [6.07, 6.45) is 2.49. The minimum absolute atomic E-state index is 0.0590. The molecule has 2 N–H and O–H groups in total. The van der Waals surface area contributed by atoms with E-state index < -0.39 is 16.1 Å². The second-order valence-electron chi connectivity index (χ2n) is 5.00. The highest BCUT2D eigenvalue weighted by Gasteiger charge is 2.13. The molecule has 0 amide bonds. The van der Waals surface area contributed by atoms with E-state index in [0.717, 1.165) is 11.1 Å². The molecule has 6 heteroatoms. The molecule has 1 aromatic heterocycles. The van der Waals surface area contributed by atoms with Crippen LogP contribution in [0.2, 0.25) is 0 Å². The smallest absolute Gasteiger partial charge is 0.215 e. The number of benzene rings is 1. The summed E-state index contributed by atoms with van der Waals surface area (Å²) in [5.74, 6) is -0.0590. The van der Waals surface area contributed by atoms with Crippen LogP contribution in [-0.4, -0.2) is 20.1 Å². The number of sulfonamides is 1. The summed E-state index contributed by atoms with van der Waals surface area (Å²) >= 11 is 0. The molecule has 2 aromatic rings. The van der Waals surface area contributed by atoms with E-state index in [1.807, 2.05) is 25.1 Å². The summed E-state index contributed by atoms with van der Waals surface area (Å²) in [4.78, 5) is 0. The van der Waals surface area contributed by atoms with Gasteiger partial charge >= 0.3 is 0 Å². The lowest BCUT2D eigenvalue weighted by Gasteiger charge is -2.10. The fraction of sp³-hybridized carbons (Fsp3) is 0.333. The lowest BCUT2D eigenvalue weighted by Crippen LogP contribution is -2.27. The first-order valence-corrected chi connectivity index (χ1v) is 8.34. The Morgan fingerprint density at radius 1 is 1.33 bits per heavy atom. The van der Waals surface area contributed by atoms with Gasteiger partial charge in [-0.25, -0.2) is 13.1 Å². The van der Waals surface area contributed by atoms with Gasteiger partial charge in [0.25, 0.3) is 0 Å². The minimum atomic E-state index is -3.40. The van der Waals surface area contributed by atoms with Gasteiger partial charge in [0.15, 0.2) is 0 Å². The molecule has 1 heterocycles. The van der Waals surface area contributed by atoms with E-state index in [2.05, 4.69) is 4.72 Å². The number of furan rings is 1. The Labute approximate surface area is 124 Å². The van der Waals surface area contributed by atoms with E-state index in [4.69, 9.17) is 4.42 Å². The Balaban J connectivity index is 1.84. The number of nitrogens with one attached hydrogen (secondary N) is 1. The minimum Gasteiger partial charge on any atom is -0.472 e. The van der Waals surface area contributed by atoms with E-state index in [1.165, 1.54) is 12.5 Å². The lowest BCUT2D eigenvalue weighted by molar-refractivity contribution is 0.168. The van der Waals surface area contributed by atoms with Crippen molar-refractivity contribution in [2.24, 2.45) is 0 Å². The first-order valence-electron chi connectivity index (χ1n) is 6.69. The maximum Gasteiger partial charge on any atom is 0.215 e. The molecule has 0 aliphatic carbocycles. The van der Waals surface area contributed by atoms with Gasteiger partial charge in [-0.1, -0.05) is 29.8 Å². The van der Waals surface area contributed by atoms with Crippen LogP contribution >= 0.6 is 0 Å². The topological polar surface area (TPSA) is 79.5 Å². The molecule has 21 heavy (non-hydrogen) atoms. The van der Waals surface area contributed by atoms with Gasteiger partial charge in [-0.05, 0) is 25.0 Å². The van der Waals surface area contributed by atoms with Crippen molar-refractivity contribution in [1.82, 2.24) is 4.72 Å². The summed E-state index contributed by atoms with van der Waals surface area (Å²) in [5.41, 5.74) is 2.42. The molecular weight excluding hydrogens is 290 g/mol. The fourth-order valence-electron chi connectivity index (χ4n) is 2.05. The molecule has 114 valence electrons. The first kappa shape index (κ1) is 15.8. The molecule has 5 nitrogen and oxygen atoms in total. The molecule has 0 fully saturated rings. The van der Waals surface area contributed by atoms with Crippen LogP contribution in [0.25, 0.3) is 0 Å². The zero-order valence-electron chi connectivity index (χ0n) is 11.8. The van der Waals surface area contributed by atoms with Crippen LogP contribution in [0.15, 0.2) is 47.3 Å². The largest absolute Gasteiger partial charge is 0.472 e. The highest BCUT2D eigenvalue weighted by Crippen LogP contribution is 2.16. The van der Waals surface area contributed by atoms with E-state index in [-0.39, 0.29) is 12.3 Å². The number of aliphatic hydroxyl groups is 1. The molecule has 0 aliphatic heterocycles. The third-order valence-electron chi connectivity index (χ3n) is 3.11. The van der Waals surface area contributed by atoms with Crippen molar-refractivity contribution in [3.8, 4) is 0 Å². The maximum atomic E-state index is 12.0. The monoisotopic (exact) mass is 309 g/mol. The van der Waals surface area contributed by atoms with E-state index in [1.54, 1.807) is 12.1 Å². The van der Waals surface area contributed by atoms with Crippen LogP contribution < -0.4 is 4.72 Å². The van der Waals surface area contributed by atoms with Gasteiger partial charge in [-0.3, -0.25) is 0 Å². The maximum absolute atomic E-state index is 12.0. The second kappa shape index (κ2) is 6.89. The Hall–Kier alpha value is -1.63. The summed E-state index contributed by atoms with van der Waals surface area (Å²) < 4.78 is 31.3. The van der Waals surface area contributed by atoms with Gasteiger partial charge in [0.1, 0.15) is 0 Å². The molecule has 0 spiro atoms. The molecule has 0 aliphatic rings. The van der Waals surface area contributed by atoms with Crippen LogP contribution in [0.5, 0.6) is 0 Å². The Morgan fingerprint density at radius 2 is 2.14 bits per heavy atom. The van der Waals surface area contributed by atoms with E-state index in [9.17, 15) is 13.5 Å². The second-order valence-corrected chi connectivity index (χ2v) is 6.81. The average molecular weight is 309 g/mol. The van der Waals surface area contributed by atoms with Crippen molar-refractivity contribution < 1.29 is 17.9 Å². The third-order valence-corrected chi connectivity index (χ3v) is 4.46. The summed E-state index contributed by atoms with van der Waals surface area (Å²) in [7, 11) is -3.40. The molecule has 1 atom stereocenters. The van der Waals surface area contributed by atoms with Gasteiger partial charge in [0.2, 0.25) is 10.0 Å². The normalized spacial score (nSPS) is 13.2. The summed E-state index contributed by atoms with van der Waals surface area (Å²) in [6.45, 7) is 2.10. The zero-order valence-corrected chi connectivity index (χ0v) is 12.6. The van der Waals surface area contributed by atoms with Gasteiger partial charge in [0, 0.05) is 12.1 Å². The lowest BCUT2D eigenvalue weighted by atomic mass is 10.1. The van der Waals surface area contributed by atoms with Gasteiger partial charge < -0.3 is 9.52 Å². The summed E-state index contributed by atoms with van der Waals surface area (Å²) in [5, 5.41) is 9.84. The number of aliphatic hydroxyl groups excluding tert-OH is 1. The van der Waals surface area contributed by atoms with Crippen LogP contribution in [0, 0.1) is 6.92 Å². The standard InChI is InChI=1S/C15H19NO4S/c1-12-3-2-4-13(9-12)11-21(18,19)16-7-5-15(17)14-6-8-20-10-14/h2-4,6,8-10,15-17H,5,7,11H2,1H3. The predicted molar refractivity (Wildman–Crippen MR) is 80.1 cm³/mol. The van der Waals surface area contributed by atoms with Crippen molar-refractivity contribution in [2.75, 3.05) is 6.54 Å². The Morgan fingerprint density at radius 3 is 2.81 bits per heavy atom. The van der Waals surface area contributed by atoms with Crippen molar-refractivity contribution in [3.05, 3.63) is 59.5 Å². The molecule has 1 aromatic carbocycles. The van der Waals surface area contributed by atoms with Gasteiger partial charge in [-0.2, -0.15) is 0 Å². The molecular formula is C15H19NO4S. The zero-order chi connectivity index (χ0) is 15.3. The molecule has 2 rings (SSSR count). The third kappa shape index (κ3) is 5.00. The van der Waals surface area contributed by atoms with Crippen LogP contribution in [-0.2, 0) is 15.8 Å². The number of aryl methyl sites for hydroxylation is 1.